The van der Waals surface area contributed by atoms with Crippen molar-refractivity contribution in [3.63, 3.8) is 0 Å². The zero-order valence-electron chi connectivity index (χ0n) is 16.8. The van der Waals surface area contributed by atoms with Crippen molar-refractivity contribution in [1.29, 1.82) is 0 Å². The Morgan fingerprint density at radius 2 is 1.44 bits per heavy atom. The molecule has 0 amide bonds. The van der Waals surface area contributed by atoms with E-state index in [1.807, 2.05) is 66.7 Å². The molecule has 27 heavy (non-hydrogen) atoms. The molecule has 2 rings (SSSR count). The Morgan fingerprint density at radius 1 is 0.963 bits per heavy atom. The molecule has 2 atom stereocenters. The van der Waals surface area contributed by atoms with Gasteiger partial charge in [0.1, 0.15) is 4.75 Å². The number of aliphatic hydroxyl groups is 1. The van der Waals surface area contributed by atoms with Crippen LogP contribution in [-0.2, 0) is 16.3 Å². The summed E-state index contributed by atoms with van der Waals surface area (Å²) in [5.74, 6) is 0. The first kappa shape index (κ1) is 21.4. The van der Waals surface area contributed by atoms with E-state index in [0.29, 0.717) is 5.57 Å². The maximum atomic E-state index is 13.5. The van der Waals surface area contributed by atoms with Crippen LogP contribution in [0.3, 0.4) is 0 Å². The predicted molar refractivity (Wildman–Crippen MR) is 113 cm³/mol. The lowest BCUT2D eigenvalue weighted by atomic mass is 9.90. The molecule has 0 heterocycles. The van der Waals surface area contributed by atoms with Crippen LogP contribution < -0.4 is 0 Å². The number of rotatable bonds is 6. The van der Waals surface area contributed by atoms with Crippen molar-refractivity contribution in [2.45, 2.75) is 56.6 Å². The van der Waals surface area contributed by atoms with E-state index < -0.39 is 25.4 Å². The number of sulfone groups is 1. The van der Waals surface area contributed by atoms with Gasteiger partial charge in [0.2, 0.25) is 0 Å². The lowest BCUT2D eigenvalue weighted by Gasteiger charge is -2.40. The fraction of sp³-hybridized carbons (Fsp3) is 0.391. The zero-order valence-corrected chi connectivity index (χ0v) is 17.6. The summed E-state index contributed by atoms with van der Waals surface area (Å²) in [7, 11) is -3.66. The molecule has 0 spiro atoms. The van der Waals surface area contributed by atoms with Crippen molar-refractivity contribution in [1.82, 2.24) is 0 Å². The van der Waals surface area contributed by atoms with Gasteiger partial charge in [-0.1, -0.05) is 66.7 Å². The second-order valence-corrected chi connectivity index (χ2v) is 11.5. The molecule has 2 aromatic rings. The third-order valence-electron chi connectivity index (χ3n) is 5.02. The first-order valence-corrected chi connectivity index (χ1v) is 10.7. The molecule has 0 aliphatic heterocycles. The molecule has 4 heteroatoms. The van der Waals surface area contributed by atoms with Gasteiger partial charge in [-0.2, -0.15) is 0 Å². The van der Waals surface area contributed by atoms with Gasteiger partial charge in [0, 0.05) is 0 Å². The Labute approximate surface area is 163 Å². The lowest BCUT2D eigenvalue weighted by molar-refractivity contribution is 0.163. The van der Waals surface area contributed by atoms with Gasteiger partial charge in [-0.05, 0) is 57.7 Å². The normalized spacial score (nSPS) is 16.6. The van der Waals surface area contributed by atoms with E-state index >= 15 is 0 Å². The fourth-order valence-corrected chi connectivity index (χ4v) is 5.65. The molecule has 0 saturated carbocycles. The van der Waals surface area contributed by atoms with Gasteiger partial charge in [-0.3, -0.25) is 0 Å². The largest absolute Gasteiger partial charge is 0.387 e. The molecule has 2 aromatic carbocycles. The van der Waals surface area contributed by atoms with Gasteiger partial charge >= 0.3 is 0 Å². The Balaban J connectivity index is 2.53. The predicted octanol–water partition coefficient (Wildman–Crippen LogP) is 4.67. The van der Waals surface area contributed by atoms with Crippen molar-refractivity contribution >= 4 is 15.9 Å². The smallest absolute Gasteiger partial charge is 0.163 e. The molecule has 1 N–H and O–H groups in total. The van der Waals surface area contributed by atoms with Crippen molar-refractivity contribution < 1.29 is 13.5 Å². The maximum absolute atomic E-state index is 13.5. The van der Waals surface area contributed by atoms with E-state index in [9.17, 15) is 13.5 Å². The maximum Gasteiger partial charge on any atom is 0.163 e. The van der Waals surface area contributed by atoms with Crippen LogP contribution in [0, 0.1) is 0 Å². The topological polar surface area (TPSA) is 54.4 Å². The second kappa shape index (κ2) is 7.99. The number of aliphatic hydroxyl groups excluding tert-OH is 1. The molecular formula is C23H30O3S. The summed E-state index contributed by atoms with van der Waals surface area (Å²) in [5, 5.41) is 11.2. The van der Waals surface area contributed by atoms with Crippen LogP contribution >= 0.6 is 0 Å². The van der Waals surface area contributed by atoms with Crippen LogP contribution in [0.25, 0.3) is 6.08 Å². The van der Waals surface area contributed by atoms with Crippen LogP contribution in [0.5, 0.6) is 0 Å². The summed E-state index contributed by atoms with van der Waals surface area (Å²) in [4.78, 5) is 0. The lowest BCUT2D eigenvalue weighted by Crippen LogP contribution is -2.55. The minimum atomic E-state index is -3.66. The minimum absolute atomic E-state index is 0.245. The fourth-order valence-electron chi connectivity index (χ4n) is 3.41. The Bertz CT molecular complexity index is 878. The molecule has 146 valence electrons. The molecule has 0 fully saturated rings. The average molecular weight is 387 g/mol. The summed E-state index contributed by atoms with van der Waals surface area (Å²) in [5.41, 5.74) is 2.45. The van der Waals surface area contributed by atoms with Gasteiger partial charge < -0.3 is 5.11 Å². The first-order chi connectivity index (χ1) is 12.5. The molecular weight excluding hydrogens is 356 g/mol. The minimum Gasteiger partial charge on any atom is -0.387 e. The summed E-state index contributed by atoms with van der Waals surface area (Å²) >= 11 is 0. The van der Waals surface area contributed by atoms with Crippen molar-refractivity contribution in [3.8, 4) is 0 Å². The zero-order chi connectivity index (χ0) is 20.3. The van der Waals surface area contributed by atoms with Crippen LogP contribution in [0.2, 0.25) is 0 Å². The highest BCUT2D eigenvalue weighted by atomic mass is 32.2. The summed E-state index contributed by atoms with van der Waals surface area (Å²) in [6.07, 6.45) is 0.975. The van der Waals surface area contributed by atoms with E-state index in [1.54, 1.807) is 34.6 Å². The molecule has 0 aromatic heterocycles. The van der Waals surface area contributed by atoms with Crippen LogP contribution in [0.4, 0.5) is 0 Å². The third-order valence-corrected chi connectivity index (χ3v) is 8.23. The summed E-state index contributed by atoms with van der Waals surface area (Å²) in [6.45, 7) is 8.52. The highest BCUT2D eigenvalue weighted by Crippen LogP contribution is 2.37. The van der Waals surface area contributed by atoms with Gasteiger partial charge in [0.25, 0.3) is 0 Å². The highest BCUT2D eigenvalue weighted by Gasteiger charge is 2.51. The molecule has 0 radical (unpaired) electrons. The number of hydrogen-bond donors (Lipinski definition) is 1. The molecule has 0 aliphatic carbocycles. The third kappa shape index (κ3) is 4.50. The van der Waals surface area contributed by atoms with Gasteiger partial charge in [0.15, 0.2) is 9.84 Å². The van der Waals surface area contributed by atoms with Crippen LogP contribution in [-0.4, -0.2) is 29.1 Å². The second-order valence-electron chi connectivity index (χ2n) is 8.29. The van der Waals surface area contributed by atoms with Gasteiger partial charge in [0.05, 0.1) is 10.9 Å². The average Bonchev–Trinajstić information content (AvgIpc) is 2.61. The van der Waals surface area contributed by atoms with Gasteiger partial charge in [-0.15, -0.1) is 0 Å². The molecule has 0 saturated heterocycles. The Kier molecular flexibility index (Phi) is 6.33. The van der Waals surface area contributed by atoms with E-state index in [1.165, 1.54) is 0 Å². The van der Waals surface area contributed by atoms with Crippen molar-refractivity contribution in [2.24, 2.45) is 0 Å². The number of hydrogen-bond acceptors (Lipinski definition) is 3. The van der Waals surface area contributed by atoms with Crippen molar-refractivity contribution in [2.75, 3.05) is 0 Å². The molecule has 0 aliphatic rings. The quantitative estimate of drug-likeness (QED) is 0.785. The summed E-state index contributed by atoms with van der Waals surface area (Å²) < 4.78 is 24.7. The van der Waals surface area contributed by atoms with E-state index in [2.05, 4.69) is 0 Å². The molecule has 0 bridgehead atoms. The Morgan fingerprint density at radius 3 is 1.93 bits per heavy atom. The Hall–Kier alpha value is -1.91. The highest BCUT2D eigenvalue weighted by molar-refractivity contribution is 7.94. The van der Waals surface area contributed by atoms with Gasteiger partial charge in [-0.25, -0.2) is 8.42 Å². The van der Waals surface area contributed by atoms with E-state index in [0.717, 1.165) is 11.1 Å². The van der Waals surface area contributed by atoms with E-state index in [4.69, 9.17) is 0 Å². The van der Waals surface area contributed by atoms with Crippen molar-refractivity contribution in [3.05, 3.63) is 77.4 Å². The summed E-state index contributed by atoms with van der Waals surface area (Å²) in [6, 6.07) is 19.1. The molecule has 0 unspecified atom stereocenters. The van der Waals surface area contributed by atoms with E-state index in [-0.39, 0.29) is 6.42 Å². The first-order valence-electron chi connectivity index (χ1n) is 9.18. The monoisotopic (exact) mass is 386 g/mol. The van der Waals surface area contributed by atoms with Crippen LogP contribution in [0.1, 0.15) is 45.7 Å². The van der Waals surface area contributed by atoms with Crippen LogP contribution in [0.15, 0.2) is 66.2 Å². The SMILES string of the molecule is C/C(=C\c1ccccc1)[C@H](O)[C@](C)(Cc1ccccc1)S(=O)(=O)C(C)(C)C. The molecule has 3 nitrogen and oxygen atoms in total. The standard InChI is InChI=1S/C23H30O3S/c1-18(16-19-12-8-6-9-13-19)21(24)23(5,27(25,26)22(2,3)4)17-20-14-10-7-11-15-20/h6-16,21,24H,17H2,1-5H3/b18-16+/t21-,23-/m0/s1. The number of benzene rings is 2.